The van der Waals surface area contributed by atoms with Gasteiger partial charge in [0.1, 0.15) is 6.29 Å². The van der Waals surface area contributed by atoms with Gasteiger partial charge in [-0.05, 0) is 30.0 Å². The van der Waals surface area contributed by atoms with Crippen molar-refractivity contribution in [2.45, 2.75) is 18.9 Å². The van der Waals surface area contributed by atoms with E-state index in [2.05, 4.69) is 32.7 Å². The first-order valence-corrected chi connectivity index (χ1v) is 9.55. The predicted octanol–water partition coefficient (Wildman–Crippen LogP) is 1.06. The first-order chi connectivity index (χ1) is 12.7. The lowest BCUT2D eigenvalue weighted by Gasteiger charge is -2.43. The maximum Gasteiger partial charge on any atom is 0.330 e. The summed E-state index contributed by atoms with van der Waals surface area (Å²) >= 11 is 1.74. The lowest BCUT2D eigenvalue weighted by molar-refractivity contribution is -0.124. The van der Waals surface area contributed by atoms with Crippen molar-refractivity contribution in [3.8, 4) is 0 Å². The van der Waals surface area contributed by atoms with Crippen LogP contribution in [0.1, 0.15) is 4.88 Å². The van der Waals surface area contributed by atoms with Crippen molar-refractivity contribution >= 4 is 29.0 Å². The summed E-state index contributed by atoms with van der Waals surface area (Å²) in [5, 5.41) is 14.9. The minimum Gasteiger partial charge on any atom is -0.321 e. The van der Waals surface area contributed by atoms with Crippen molar-refractivity contribution in [2.75, 3.05) is 18.0 Å². The van der Waals surface area contributed by atoms with E-state index in [-0.39, 0.29) is 24.3 Å². The van der Waals surface area contributed by atoms with Crippen molar-refractivity contribution in [1.29, 1.82) is 0 Å². The smallest absolute Gasteiger partial charge is 0.321 e. The predicted molar refractivity (Wildman–Crippen MR) is 101 cm³/mol. The Labute approximate surface area is 155 Å². The molecule has 2 fully saturated rings. The number of anilines is 1. The van der Waals surface area contributed by atoms with Gasteiger partial charge in [0, 0.05) is 18.0 Å². The largest absolute Gasteiger partial charge is 0.330 e. The normalized spacial score (nSPS) is 25.7. The Morgan fingerprint density at radius 2 is 2.00 bits per heavy atom. The van der Waals surface area contributed by atoms with Gasteiger partial charge in [-0.15, -0.1) is 11.3 Å². The Hall–Kier alpha value is -2.26. The highest BCUT2D eigenvalue weighted by molar-refractivity contribution is 7.09. The van der Waals surface area contributed by atoms with Crippen LogP contribution in [0.25, 0.3) is 0 Å². The number of fused-ring (bicyclic) bond motifs is 1. The molecule has 7 nitrogen and oxygen atoms in total. The molecule has 3 atom stereocenters. The van der Waals surface area contributed by atoms with Gasteiger partial charge in [0.2, 0.25) is 5.91 Å². The van der Waals surface area contributed by atoms with Gasteiger partial charge in [-0.3, -0.25) is 20.7 Å². The molecule has 0 spiro atoms. The van der Waals surface area contributed by atoms with E-state index in [0.29, 0.717) is 12.2 Å². The number of imide groups is 1. The number of rotatable bonds is 5. The number of hydrogen-bond donors (Lipinski definition) is 4. The maximum absolute atomic E-state index is 12.8. The van der Waals surface area contributed by atoms with Crippen LogP contribution in [0.4, 0.5) is 10.5 Å². The number of benzene rings is 1. The molecule has 0 bridgehead atoms. The van der Waals surface area contributed by atoms with Crippen molar-refractivity contribution in [3.63, 3.8) is 0 Å². The van der Waals surface area contributed by atoms with Crippen LogP contribution in [0.15, 0.2) is 47.8 Å². The van der Waals surface area contributed by atoms with Crippen LogP contribution < -0.4 is 26.2 Å². The number of nitrogens with zero attached hydrogens (tertiary/aromatic N) is 1. The van der Waals surface area contributed by atoms with Gasteiger partial charge >= 0.3 is 6.03 Å². The van der Waals surface area contributed by atoms with Crippen LogP contribution in [0.3, 0.4) is 0 Å². The first kappa shape index (κ1) is 17.2. The summed E-state index contributed by atoms with van der Waals surface area (Å²) in [5.74, 6) is -0.537. The summed E-state index contributed by atoms with van der Waals surface area (Å²) in [6, 6.07) is 12.8. The number of urea groups is 1. The van der Waals surface area contributed by atoms with E-state index in [9.17, 15) is 9.59 Å². The summed E-state index contributed by atoms with van der Waals surface area (Å²) in [6.07, 6.45) is 0.418. The number of thiophene rings is 1. The minimum absolute atomic E-state index is 0.146. The SMILES string of the molecule is O=C1NC2NC(NCCc3cccs3)NCC2C(=O)N1c1ccccc1. The van der Waals surface area contributed by atoms with Gasteiger partial charge in [0.05, 0.1) is 17.8 Å². The molecule has 8 heteroatoms. The average molecular weight is 371 g/mol. The van der Waals surface area contributed by atoms with Gasteiger partial charge in [-0.2, -0.15) is 0 Å². The molecule has 26 heavy (non-hydrogen) atoms. The van der Waals surface area contributed by atoms with E-state index in [4.69, 9.17) is 0 Å². The van der Waals surface area contributed by atoms with E-state index < -0.39 is 6.03 Å². The Morgan fingerprint density at radius 3 is 2.77 bits per heavy atom. The summed E-state index contributed by atoms with van der Waals surface area (Å²) < 4.78 is 0. The fourth-order valence-corrected chi connectivity index (χ4v) is 4.01. The fraction of sp³-hybridized carbons (Fsp3) is 0.333. The van der Waals surface area contributed by atoms with Gasteiger partial charge in [-0.1, -0.05) is 24.3 Å². The molecule has 1 aromatic carbocycles. The molecule has 0 radical (unpaired) electrons. The van der Waals surface area contributed by atoms with Crippen LogP contribution in [-0.2, 0) is 11.2 Å². The Kier molecular flexibility index (Phi) is 4.98. The van der Waals surface area contributed by atoms with Crippen LogP contribution >= 0.6 is 11.3 Å². The summed E-state index contributed by atoms with van der Waals surface area (Å²) in [4.78, 5) is 27.8. The molecule has 0 aliphatic carbocycles. The third-order valence-electron chi connectivity index (χ3n) is 4.62. The number of amides is 3. The lowest BCUT2D eigenvalue weighted by atomic mass is 9.99. The molecule has 1 aromatic heterocycles. The molecule has 2 aliphatic rings. The molecular weight excluding hydrogens is 350 g/mol. The van der Waals surface area contributed by atoms with Crippen molar-refractivity contribution < 1.29 is 9.59 Å². The Bertz CT molecular complexity index is 767. The third kappa shape index (κ3) is 3.49. The molecule has 2 aromatic rings. The van der Waals surface area contributed by atoms with E-state index >= 15 is 0 Å². The Morgan fingerprint density at radius 1 is 1.15 bits per heavy atom. The quantitative estimate of drug-likeness (QED) is 0.631. The molecule has 3 heterocycles. The minimum atomic E-state index is -0.394. The van der Waals surface area contributed by atoms with Crippen LogP contribution in [-0.4, -0.2) is 37.5 Å². The van der Waals surface area contributed by atoms with E-state index in [0.717, 1.165) is 13.0 Å². The topological polar surface area (TPSA) is 85.5 Å². The molecule has 3 amide bonds. The zero-order chi connectivity index (χ0) is 17.9. The second kappa shape index (κ2) is 7.55. The summed E-state index contributed by atoms with van der Waals surface area (Å²) in [6.45, 7) is 1.30. The molecule has 4 N–H and O–H groups in total. The van der Waals surface area contributed by atoms with Crippen molar-refractivity contribution in [1.82, 2.24) is 21.3 Å². The zero-order valence-corrected chi connectivity index (χ0v) is 15.0. The molecule has 3 unspecified atom stereocenters. The zero-order valence-electron chi connectivity index (χ0n) is 14.1. The van der Waals surface area contributed by atoms with E-state index in [1.807, 2.05) is 24.3 Å². The van der Waals surface area contributed by atoms with Crippen LogP contribution in [0, 0.1) is 5.92 Å². The standard InChI is InChI=1S/C18H21N5O2S/c24-16-14-11-20-17(19-9-8-13-7-4-10-26-13)21-15(14)22-18(25)23(16)12-5-2-1-3-6-12/h1-7,10,14-15,17,19-21H,8-9,11H2,(H,22,25). The number of nitrogens with one attached hydrogen (secondary N) is 4. The second-order valence-electron chi connectivity index (χ2n) is 6.33. The number of hydrogen-bond acceptors (Lipinski definition) is 6. The summed E-state index contributed by atoms with van der Waals surface area (Å²) in [5.41, 5.74) is 0.588. The fourth-order valence-electron chi connectivity index (χ4n) is 3.30. The Balaban J connectivity index is 1.36. The maximum atomic E-state index is 12.8. The van der Waals surface area contributed by atoms with Crippen LogP contribution in [0.2, 0.25) is 0 Å². The lowest BCUT2D eigenvalue weighted by Crippen LogP contribution is -2.74. The van der Waals surface area contributed by atoms with Gasteiger partial charge < -0.3 is 5.32 Å². The molecular formula is C18H21N5O2S. The van der Waals surface area contributed by atoms with Gasteiger partial charge in [0.25, 0.3) is 0 Å². The molecule has 0 saturated carbocycles. The summed E-state index contributed by atoms with van der Waals surface area (Å²) in [7, 11) is 0. The highest BCUT2D eigenvalue weighted by Crippen LogP contribution is 2.22. The average Bonchev–Trinajstić information content (AvgIpc) is 3.16. The molecule has 136 valence electrons. The number of carbonyl (C=O) groups is 2. The monoisotopic (exact) mass is 371 g/mol. The first-order valence-electron chi connectivity index (χ1n) is 8.67. The second-order valence-corrected chi connectivity index (χ2v) is 7.37. The molecule has 2 saturated heterocycles. The van der Waals surface area contributed by atoms with Crippen LogP contribution in [0.5, 0.6) is 0 Å². The van der Waals surface area contributed by atoms with E-state index in [1.54, 1.807) is 23.5 Å². The van der Waals surface area contributed by atoms with Gasteiger partial charge in [0.15, 0.2) is 0 Å². The molecule has 4 rings (SSSR count). The molecule has 2 aliphatic heterocycles. The third-order valence-corrected chi connectivity index (χ3v) is 5.56. The van der Waals surface area contributed by atoms with Crippen molar-refractivity contribution in [2.24, 2.45) is 5.92 Å². The van der Waals surface area contributed by atoms with Crippen molar-refractivity contribution in [3.05, 3.63) is 52.7 Å². The highest BCUT2D eigenvalue weighted by Gasteiger charge is 2.44. The van der Waals surface area contributed by atoms with E-state index in [1.165, 1.54) is 9.78 Å². The number of para-hydroxylation sites is 1. The highest BCUT2D eigenvalue weighted by atomic mass is 32.1. The number of carbonyl (C=O) groups excluding carboxylic acids is 2. The van der Waals surface area contributed by atoms with Gasteiger partial charge in [-0.25, -0.2) is 9.69 Å².